The van der Waals surface area contributed by atoms with Crippen LogP contribution in [0.15, 0.2) is 81.6 Å². The van der Waals surface area contributed by atoms with Crippen LogP contribution in [0.2, 0.25) is 0 Å². The summed E-state index contributed by atoms with van der Waals surface area (Å²) >= 11 is 0. The minimum Gasteiger partial charge on any atom is -0.479 e. The van der Waals surface area contributed by atoms with Gasteiger partial charge in [0.25, 0.3) is 11.8 Å². The zero-order valence-electron chi connectivity index (χ0n) is 23.4. The Morgan fingerprint density at radius 1 is 1.15 bits per heavy atom. The van der Waals surface area contributed by atoms with Gasteiger partial charge in [-0.1, -0.05) is 0 Å². The summed E-state index contributed by atoms with van der Waals surface area (Å²) in [5.74, 6) is 0.155. The van der Waals surface area contributed by atoms with E-state index in [-0.39, 0.29) is 47.3 Å². The van der Waals surface area contributed by atoms with E-state index >= 15 is 0 Å². The van der Waals surface area contributed by atoms with Gasteiger partial charge >= 0.3 is 0 Å². The third kappa shape index (κ3) is 4.81. The van der Waals surface area contributed by atoms with Crippen LogP contribution in [-0.2, 0) is 19.1 Å². The summed E-state index contributed by atoms with van der Waals surface area (Å²) < 4.78 is 39.8. The smallest absolute Gasteiger partial charge is 0.289 e. The molecule has 2 amide bonds. The van der Waals surface area contributed by atoms with Gasteiger partial charge in [0.15, 0.2) is 5.76 Å². The first-order chi connectivity index (χ1) is 19.8. The van der Waals surface area contributed by atoms with E-state index < -0.39 is 0 Å². The van der Waals surface area contributed by atoms with E-state index in [1.165, 1.54) is 24.3 Å². The van der Waals surface area contributed by atoms with Crippen LogP contribution in [0.25, 0.3) is 5.76 Å². The summed E-state index contributed by atoms with van der Waals surface area (Å²) in [6, 6.07) is 5.92. The number of benzene rings is 1. The van der Waals surface area contributed by atoms with Crippen LogP contribution in [0.4, 0.5) is 8.78 Å². The van der Waals surface area contributed by atoms with Crippen molar-refractivity contribution >= 4 is 23.3 Å². The van der Waals surface area contributed by atoms with Gasteiger partial charge in [-0.25, -0.2) is 8.78 Å². The predicted octanol–water partition coefficient (Wildman–Crippen LogP) is 5.00. The summed E-state index contributed by atoms with van der Waals surface area (Å²) in [5, 5.41) is 2.74. The highest BCUT2D eigenvalue weighted by Crippen LogP contribution is 2.48. The number of carbonyl (C=O) groups is 2. The largest absolute Gasteiger partial charge is 0.479 e. The molecule has 5 aliphatic rings. The Morgan fingerprint density at radius 2 is 1.93 bits per heavy atom. The average Bonchev–Trinajstić information content (AvgIpc) is 3.53. The van der Waals surface area contributed by atoms with E-state index in [0.29, 0.717) is 59.9 Å². The number of amides is 2. The van der Waals surface area contributed by atoms with Crippen LogP contribution < -0.4 is 5.32 Å². The molecule has 6 rings (SSSR count). The zero-order chi connectivity index (χ0) is 28.8. The van der Waals surface area contributed by atoms with Crippen LogP contribution in [0.5, 0.6) is 0 Å². The highest BCUT2D eigenvalue weighted by atomic mass is 19.1. The van der Waals surface area contributed by atoms with E-state index in [1.807, 2.05) is 17.9 Å². The van der Waals surface area contributed by atoms with Crippen LogP contribution in [0.1, 0.15) is 38.2 Å². The van der Waals surface area contributed by atoms with Crippen molar-refractivity contribution in [2.45, 2.75) is 38.7 Å². The Bertz CT molecular complexity index is 1480. The average molecular weight is 562 g/mol. The highest BCUT2D eigenvalue weighted by molar-refractivity contribution is 6.05. The lowest BCUT2D eigenvalue weighted by Crippen LogP contribution is -2.45. The maximum Gasteiger partial charge on any atom is 0.289 e. The molecule has 0 radical (unpaired) electrons. The fraction of sp³-hybridized carbons (Fsp3) is 0.406. The molecule has 0 bridgehead atoms. The topological polar surface area (TPSA) is 80.2 Å². The Kier molecular flexibility index (Phi) is 7.13. The van der Waals surface area contributed by atoms with Crippen LogP contribution >= 0.6 is 0 Å². The van der Waals surface area contributed by atoms with E-state index in [1.54, 1.807) is 26.2 Å². The second-order valence-electron chi connectivity index (χ2n) is 11.2. The molecule has 4 atom stereocenters. The van der Waals surface area contributed by atoms with E-state index in [0.717, 1.165) is 24.1 Å². The number of fused-ring (bicyclic) bond motifs is 2. The summed E-state index contributed by atoms with van der Waals surface area (Å²) in [4.78, 5) is 33.2. The van der Waals surface area contributed by atoms with Gasteiger partial charge < -0.3 is 19.7 Å². The molecule has 1 N–H and O–H groups in total. The standard InChI is InChI=1S/C32H33F2N3O4/c1-17-22-13-21(34)10-11-26(22)40-29(17)32(39)37-12-4-5-19(16-37)23-14-24-27(15-25(23)35-2)41-30(28(24)31(38)36-3)18-6-8-20(33)9-7-18/h6-10,13,15,19,23-24,26H,4-5,11-12,14,16H2,1-3H3,(H,36,38). The minimum atomic E-state index is -0.365. The van der Waals surface area contributed by atoms with Gasteiger partial charge in [-0.15, -0.1) is 0 Å². The number of aliphatic imine (C=N–C) groups is 1. The lowest BCUT2D eigenvalue weighted by Gasteiger charge is -2.39. The Hall–Kier alpha value is -4.01. The monoisotopic (exact) mass is 561 g/mol. The normalized spacial score (nSPS) is 28.4. The van der Waals surface area contributed by atoms with Gasteiger partial charge in [0, 0.05) is 61.9 Å². The second kappa shape index (κ2) is 10.8. The molecule has 0 aromatic heterocycles. The van der Waals surface area contributed by atoms with Gasteiger partial charge in [0.05, 0.1) is 11.5 Å². The number of carbonyl (C=O) groups excluding carboxylic acids is 2. The SMILES string of the molecule is CN=C1C=C2OC(c3ccc(F)cc3)=C(C(=O)NC)C2CC1C1CCCN(C(=O)C2=C(C)C3=CC(F)=CCC3O2)C1. The Balaban J connectivity index is 1.26. The van der Waals surface area contributed by atoms with Crippen molar-refractivity contribution in [3.05, 3.63) is 87.9 Å². The first-order valence-corrected chi connectivity index (χ1v) is 14.1. The van der Waals surface area contributed by atoms with Gasteiger partial charge in [0.1, 0.15) is 29.3 Å². The number of rotatable bonds is 4. The third-order valence-electron chi connectivity index (χ3n) is 8.86. The van der Waals surface area contributed by atoms with Gasteiger partial charge in [0.2, 0.25) is 0 Å². The van der Waals surface area contributed by atoms with Crippen molar-refractivity contribution in [1.82, 2.24) is 10.2 Å². The van der Waals surface area contributed by atoms with Crippen LogP contribution in [-0.4, -0.2) is 55.7 Å². The number of nitrogens with one attached hydrogen (secondary N) is 1. The Morgan fingerprint density at radius 3 is 2.66 bits per heavy atom. The number of halogens is 2. The third-order valence-corrected chi connectivity index (χ3v) is 8.86. The first-order valence-electron chi connectivity index (χ1n) is 14.1. The minimum absolute atomic E-state index is 0.00308. The quantitative estimate of drug-likeness (QED) is 0.561. The van der Waals surface area contributed by atoms with Crippen molar-refractivity contribution in [3.63, 3.8) is 0 Å². The second-order valence-corrected chi connectivity index (χ2v) is 11.2. The number of likely N-dealkylation sites (N-methyl/N-ethyl adjacent to an activating group) is 1. The molecule has 9 heteroatoms. The number of nitrogens with zero attached hydrogens (tertiary/aromatic N) is 2. The fourth-order valence-electron chi connectivity index (χ4n) is 6.76. The molecule has 3 aliphatic heterocycles. The Labute approximate surface area is 238 Å². The van der Waals surface area contributed by atoms with Crippen LogP contribution in [0.3, 0.4) is 0 Å². The molecule has 1 saturated heterocycles. The maximum atomic E-state index is 13.9. The molecule has 0 saturated carbocycles. The highest BCUT2D eigenvalue weighted by Gasteiger charge is 2.45. The number of hydrogen-bond acceptors (Lipinski definition) is 5. The van der Waals surface area contributed by atoms with Gasteiger partial charge in [-0.2, -0.15) is 0 Å². The molecule has 7 nitrogen and oxygen atoms in total. The summed E-state index contributed by atoms with van der Waals surface area (Å²) in [5.41, 5.74) is 3.46. The molecule has 3 heterocycles. The molecule has 1 fully saturated rings. The number of ether oxygens (including phenoxy) is 2. The fourth-order valence-corrected chi connectivity index (χ4v) is 6.76. The van der Waals surface area contributed by atoms with Crippen molar-refractivity contribution in [1.29, 1.82) is 0 Å². The van der Waals surface area contributed by atoms with E-state index in [9.17, 15) is 18.4 Å². The molecular weight excluding hydrogens is 528 g/mol. The molecule has 214 valence electrons. The van der Waals surface area contributed by atoms with Crippen molar-refractivity contribution in [3.8, 4) is 0 Å². The number of piperidine rings is 1. The maximum absolute atomic E-state index is 13.9. The number of hydrogen-bond donors (Lipinski definition) is 1. The summed E-state index contributed by atoms with van der Waals surface area (Å²) in [6.07, 6.45) is 7.30. The molecule has 4 unspecified atom stereocenters. The molecule has 1 aromatic carbocycles. The first kappa shape index (κ1) is 27.2. The van der Waals surface area contributed by atoms with Crippen molar-refractivity contribution in [2.24, 2.45) is 22.7 Å². The number of likely N-dealkylation sites (tertiary alicyclic amines) is 1. The van der Waals surface area contributed by atoms with Gasteiger partial charge in [-0.3, -0.25) is 14.6 Å². The van der Waals surface area contributed by atoms with E-state index in [2.05, 4.69) is 10.3 Å². The summed E-state index contributed by atoms with van der Waals surface area (Å²) in [6.45, 7) is 2.96. The van der Waals surface area contributed by atoms with E-state index in [4.69, 9.17) is 9.47 Å². The molecule has 0 spiro atoms. The van der Waals surface area contributed by atoms with Crippen molar-refractivity contribution < 1.29 is 27.8 Å². The molecular formula is C32H33F2N3O4. The number of allylic oxidation sites excluding steroid dienone is 4. The predicted molar refractivity (Wildman–Crippen MR) is 150 cm³/mol. The molecule has 1 aromatic rings. The molecule has 2 aliphatic carbocycles. The lowest BCUT2D eigenvalue weighted by molar-refractivity contribution is -0.133. The summed E-state index contributed by atoms with van der Waals surface area (Å²) in [7, 11) is 3.33. The molecule has 41 heavy (non-hydrogen) atoms. The van der Waals surface area contributed by atoms with Crippen LogP contribution in [0, 0.1) is 23.6 Å². The van der Waals surface area contributed by atoms with Gasteiger partial charge in [-0.05, 0) is 74.6 Å². The zero-order valence-corrected chi connectivity index (χ0v) is 23.4. The van der Waals surface area contributed by atoms with Crippen molar-refractivity contribution in [2.75, 3.05) is 27.2 Å². The lowest BCUT2D eigenvalue weighted by atomic mass is 9.72.